The zero-order valence-electron chi connectivity index (χ0n) is 10.1. The van der Waals surface area contributed by atoms with E-state index in [1.807, 2.05) is 12.1 Å². The molecule has 2 saturated heterocycles. The number of piperazine rings is 1. The van der Waals surface area contributed by atoms with Crippen LogP contribution in [0.2, 0.25) is 0 Å². The van der Waals surface area contributed by atoms with Crippen LogP contribution in [-0.4, -0.2) is 44.1 Å². The lowest BCUT2D eigenvalue weighted by Crippen LogP contribution is -2.53. The van der Waals surface area contributed by atoms with Gasteiger partial charge in [0.25, 0.3) is 0 Å². The zero-order valence-corrected chi connectivity index (χ0v) is 12.3. The highest BCUT2D eigenvalue weighted by atomic mass is 127. The maximum Gasteiger partial charge on any atom is 0.227 e. The maximum absolute atomic E-state index is 12.4. The van der Waals surface area contributed by atoms with Gasteiger partial charge in [-0.05, 0) is 30.5 Å². The summed E-state index contributed by atoms with van der Waals surface area (Å²) in [6.45, 7) is 2.03. The smallest absolute Gasteiger partial charge is 0.227 e. The molecule has 2 atom stereocenters. The number of hydrogen-bond acceptors (Lipinski definition) is 3. The molecule has 2 unspecified atom stereocenters. The van der Waals surface area contributed by atoms with E-state index in [0.717, 1.165) is 31.5 Å². The van der Waals surface area contributed by atoms with E-state index in [1.165, 1.54) is 0 Å². The third kappa shape index (κ3) is 2.38. The number of nitrogens with zero attached hydrogens (tertiary/aromatic N) is 3. The minimum atomic E-state index is 0.276. The van der Waals surface area contributed by atoms with Crippen molar-refractivity contribution in [2.24, 2.45) is 0 Å². The predicted molar refractivity (Wildman–Crippen MR) is 77.2 cm³/mol. The Balaban J connectivity index is 1.70. The molecule has 0 radical (unpaired) electrons. The topological polar surface area (TPSA) is 36.4 Å². The van der Waals surface area contributed by atoms with Crippen molar-refractivity contribution in [3.63, 3.8) is 0 Å². The lowest BCUT2D eigenvalue weighted by atomic mass is 10.1. The Morgan fingerprint density at radius 1 is 1.28 bits per heavy atom. The summed E-state index contributed by atoms with van der Waals surface area (Å²) in [5, 5.41) is 0. The summed E-state index contributed by atoms with van der Waals surface area (Å²) in [6, 6.07) is 4.70. The second-order valence-corrected chi connectivity index (χ2v) is 6.41. The van der Waals surface area contributed by atoms with Crippen LogP contribution < -0.4 is 0 Å². The molecule has 5 heteroatoms. The average Bonchev–Trinajstić information content (AvgIpc) is 2.63. The highest BCUT2D eigenvalue weighted by Gasteiger charge is 2.41. The molecule has 0 N–H and O–H groups in total. The molecular formula is C13H16IN3O. The fourth-order valence-electron chi connectivity index (χ4n) is 3.03. The van der Waals surface area contributed by atoms with E-state index < -0.39 is 0 Å². The van der Waals surface area contributed by atoms with Gasteiger partial charge in [0, 0.05) is 60.4 Å². The van der Waals surface area contributed by atoms with Crippen molar-refractivity contribution in [3.8, 4) is 0 Å². The Kier molecular flexibility index (Phi) is 3.52. The predicted octanol–water partition coefficient (Wildman–Crippen LogP) is 1.65. The minimum absolute atomic E-state index is 0.276. The normalized spacial score (nSPS) is 27.5. The van der Waals surface area contributed by atoms with Gasteiger partial charge in [-0.2, -0.15) is 0 Å². The van der Waals surface area contributed by atoms with Crippen LogP contribution in [0, 0.1) is 0 Å². The van der Waals surface area contributed by atoms with Gasteiger partial charge in [0.1, 0.15) is 0 Å². The monoisotopic (exact) mass is 357 g/mol. The van der Waals surface area contributed by atoms with Crippen molar-refractivity contribution >= 4 is 28.8 Å². The van der Waals surface area contributed by atoms with E-state index >= 15 is 0 Å². The van der Waals surface area contributed by atoms with Crippen LogP contribution in [0.3, 0.4) is 0 Å². The molecule has 3 heterocycles. The molecule has 2 bridgehead atoms. The maximum atomic E-state index is 12.4. The van der Waals surface area contributed by atoms with Crippen molar-refractivity contribution in [1.82, 2.24) is 13.0 Å². The number of carbonyl (C=O) groups excluding carboxylic acids is 1. The third-order valence-corrected chi connectivity index (χ3v) is 4.62. The summed E-state index contributed by atoms with van der Waals surface area (Å²) >= 11 is 2.37. The van der Waals surface area contributed by atoms with E-state index in [9.17, 15) is 4.79 Å². The van der Waals surface area contributed by atoms with Crippen LogP contribution in [0.25, 0.3) is 0 Å². The molecule has 1 amide bonds. The molecule has 1 aromatic rings. The van der Waals surface area contributed by atoms with E-state index in [-0.39, 0.29) is 5.91 Å². The molecule has 0 saturated carbocycles. The van der Waals surface area contributed by atoms with Gasteiger partial charge in [-0.1, -0.05) is 0 Å². The van der Waals surface area contributed by atoms with Gasteiger partial charge in [0.2, 0.25) is 5.91 Å². The van der Waals surface area contributed by atoms with Gasteiger partial charge in [-0.15, -0.1) is 0 Å². The van der Waals surface area contributed by atoms with Crippen LogP contribution in [0.4, 0.5) is 0 Å². The van der Waals surface area contributed by atoms with Crippen LogP contribution in [0.1, 0.15) is 18.4 Å². The quantitative estimate of drug-likeness (QED) is 0.597. The molecule has 18 heavy (non-hydrogen) atoms. The summed E-state index contributed by atoms with van der Waals surface area (Å²) in [5.74, 6) is 0.276. The molecular weight excluding hydrogens is 341 g/mol. The fourth-order valence-corrected chi connectivity index (χ4v) is 3.93. The highest BCUT2D eigenvalue weighted by molar-refractivity contribution is 14.1. The lowest BCUT2D eigenvalue weighted by molar-refractivity contribution is -0.134. The van der Waals surface area contributed by atoms with Gasteiger partial charge in [0.15, 0.2) is 0 Å². The van der Waals surface area contributed by atoms with Crippen LogP contribution in [-0.2, 0) is 11.2 Å². The third-order valence-electron chi connectivity index (χ3n) is 3.83. The first kappa shape index (κ1) is 12.3. The Hall–Kier alpha value is -0.690. The molecule has 0 aliphatic carbocycles. The van der Waals surface area contributed by atoms with Crippen molar-refractivity contribution in [2.75, 3.05) is 13.1 Å². The van der Waals surface area contributed by atoms with Gasteiger partial charge < -0.3 is 4.90 Å². The second-order valence-electron chi connectivity index (χ2n) is 5.05. The minimum Gasteiger partial charge on any atom is -0.334 e. The van der Waals surface area contributed by atoms with Crippen molar-refractivity contribution < 1.29 is 4.79 Å². The molecule has 0 spiro atoms. The number of fused-ring (bicyclic) bond motifs is 2. The molecule has 2 aliphatic rings. The molecule has 4 nitrogen and oxygen atoms in total. The van der Waals surface area contributed by atoms with E-state index in [0.29, 0.717) is 18.5 Å². The largest absolute Gasteiger partial charge is 0.334 e. The number of pyridine rings is 1. The van der Waals surface area contributed by atoms with E-state index in [4.69, 9.17) is 0 Å². The Bertz CT molecular complexity index is 425. The lowest BCUT2D eigenvalue weighted by Gasteiger charge is -2.38. The average molecular weight is 357 g/mol. The fraction of sp³-hybridized carbons (Fsp3) is 0.538. The van der Waals surface area contributed by atoms with Gasteiger partial charge in [-0.25, -0.2) is 3.11 Å². The Labute approximate surface area is 121 Å². The number of halogens is 1. The first-order chi connectivity index (χ1) is 8.74. The number of carbonyl (C=O) groups is 1. The molecule has 0 aromatic carbocycles. The molecule has 2 aliphatic heterocycles. The van der Waals surface area contributed by atoms with E-state index in [2.05, 4.69) is 35.9 Å². The number of hydrogen-bond donors (Lipinski definition) is 0. The van der Waals surface area contributed by atoms with Gasteiger partial charge in [0.05, 0.1) is 6.42 Å². The zero-order chi connectivity index (χ0) is 12.5. The molecule has 2 fully saturated rings. The highest BCUT2D eigenvalue weighted by Crippen LogP contribution is 2.32. The summed E-state index contributed by atoms with van der Waals surface area (Å²) in [4.78, 5) is 18.5. The van der Waals surface area contributed by atoms with Crippen LogP contribution in [0.5, 0.6) is 0 Å². The summed E-state index contributed by atoms with van der Waals surface area (Å²) in [6.07, 6.45) is 6.33. The van der Waals surface area contributed by atoms with Crippen molar-refractivity contribution in [1.29, 1.82) is 0 Å². The van der Waals surface area contributed by atoms with Crippen LogP contribution in [0.15, 0.2) is 24.5 Å². The second kappa shape index (κ2) is 5.13. The molecule has 96 valence electrons. The first-order valence-corrected chi connectivity index (χ1v) is 7.31. The number of aromatic nitrogens is 1. The summed E-state index contributed by atoms with van der Waals surface area (Å²) in [5.41, 5.74) is 1.06. The van der Waals surface area contributed by atoms with Crippen LogP contribution >= 0.6 is 22.9 Å². The standard InChI is InChI=1S/C13H16IN3O/c14-16-8-11-1-2-12(9-16)17(11)13(18)7-10-3-5-15-6-4-10/h3-6,11-12H,1-2,7-9H2. The van der Waals surface area contributed by atoms with Gasteiger partial charge >= 0.3 is 0 Å². The Morgan fingerprint density at radius 2 is 1.89 bits per heavy atom. The summed E-state index contributed by atoms with van der Waals surface area (Å²) < 4.78 is 2.32. The first-order valence-electron chi connectivity index (χ1n) is 6.35. The number of amides is 1. The summed E-state index contributed by atoms with van der Waals surface area (Å²) in [7, 11) is 0. The van der Waals surface area contributed by atoms with E-state index in [1.54, 1.807) is 12.4 Å². The SMILES string of the molecule is O=C(Cc1ccncc1)N1C2CCC1CN(I)C2. The number of rotatable bonds is 2. The Morgan fingerprint density at radius 3 is 2.50 bits per heavy atom. The van der Waals surface area contributed by atoms with Crippen molar-refractivity contribution in [2.45, 2.75) is 31.3 Å². The molecule has 1 aromatic heterocycles. The molecule has 3 rings (SSSR count). The van der Waals surface area contributed by atoms with Crippen molar-refractivity contribution in [3.05, 3.63) is 30.1 Å². The van der Waals surface area contributed by atoms with Gasteiger partial charge in [-0.3, -0.25) is 9.78 Å².